The number of carbonyl (C=O) groups excluding carboxylic acids is 6. The predicted octanol–water partition coefficient (Wildman–Crippen LogP) is 3.80. The Morgan fingerprint density at radius 3 is 1.18 bits per heavy atom. The fraction of sp³-hybridized carbons (Fsp3) is 0.609. The lowest BCUT2D eigenvalue weighted by Gasteiger charge is -2.34. The van der Waals surface area contributed by atoms with Gasteiger partial charge in [0.15, 0.2) is 5.78 Å². The van der Waals surface area contributed by atoms with E-state index >= 15 is 0 Å². The molecule has 2 aromatic rings. The summed E-state index contributed by atoms with van der Waals surface area (Å²) in [4.78, 5) is 85.4. The van der Waals surface area contributed by atoms with E-state index in [4.69, 9.17) is 14.2 Å². The molecule has 1 fully saturated rings. The standard InChI is InChI=1S/C46H70N6O9/c1-44(2,3)59-41(56)32-50-25-23-49(24-26-51(33-42(57)60-45(4,5)6)28-30-52(29-27-50)34-43(58)61-46(7,8)9)31-40(55)48-22-21-47-39(54)20-19-38(53)37-17-15-36(16-18-37)35-13-11-10-12-14-35/h10-18H,19-34H2,1-9H3,(H,47,54)(H,48,55). The van der Waals surface area contributed by atoms with Gasteiger partial charge in [-0.25, -0.2) is 0 Å². The number of nitrogens with zero attached hydrogens (tertiary/aromatic N) is 4. The lowest BCUT2D eigenvalue weighted by Crippen LogP contribution is -2.50. The van der Waals surface area contributed by atoms with Crippen molar-refractivity contribution in [2.45, 2.75) is 92.0 Å². The molecule has 0 aliphatic carbocycles. The van der Waals surface area contributed by atoms with Crippen LogP contribution in [0.4, 0.5) is 0 Å². The zero-order valence-corrected chi connectivity index (χ0v) is 38.0. The summed E-state index contributed by atoms with van der Waals surface area (Å²) in [5.74, 6) is -1.79. The molecule has 0 atom stereocenters. The van der Waals surface area contributed by atoms with E-state index in [9.17, 15) is 28.8 Å². The van der Waals surface area contributed by atoms with E-state index in [2.05, 4.69) is 10.6 Å². The molecule has 1 aliphatic rings. The van der Waals surface area contributed by atoms with E-state index in [1.165, 1.54) is 0 Å². The second kappa shape index (κ2) is 24.1. The molecule has 1 aliphatic heterocycles. The molecule has 0 saturated carbocycles. The van der Waals surface area contributed by atoms with Crippen LogP contribution in [-0.4, -0.2) is 164 Å². The number of hydrogen-bond acceptors (Lipinski definition) is 13. The van der Waals surface area contributed by atoms with Crippen LogP contribution in [0.15, 0.2) is 54.6 Å². The highest BCUT2D eigenvalue weighted by molar-refractivity contribution is 5.98. The fourth-order valence-electron chi connectivity index (χ4n) is 6.48. The average molecular weight is 851 g/mol. The molecule has 2 aromatic carbocycles. The second-order valence-corrected chi connectivity index (χ2v) is 18.4. The van der Waals surface area contributed by atoms with Gasteiger partial charge in [-0.2, -0.15) is 0 Å². The third kappa shape index (κ3) is 22.1. The van der Waals surface area contributed by atoms with Crippen molar-refractivity contribution in [3.05, 3.63) is 60.2 Å². The van der Waals surface area contributed by atoms with Crippen molar-refractivity contribution in [3.8, 4) is 11.1 Å². The summed E-state index contributed by atoms with van der Waals surface area (Å²) in [5, 5.41) is 5.65. The molecule has 0 unspecified atom stereocenters. The van der Waals surface area contributed by atoms with E-state index in [0.29, 0.717) is 57.9 Å². The molecule has 0 aromatic heterocycles. The summed E-state index contributed by atoms with van der Waals surface area (Å²) < 4.78 is 16.9. The molecule has 2 N–H and O–H groups in total. The van der Waals surface area contributed by atoms with Crippen LogP contribution in [-0.2, 0) is 38.2 Å². The minimum Gasteiger partial charge on any atom is -0.459 e. The summed E-state index contributed by atoms with van der Waals surface area (Å²) in [6, 6.07) is 17.2. The summed E-state index contributed by atoms with van der Waals surface area (Å²) >= 11 is 0. The molecule has 1 saturated heterocycles. The first kappa shape index (κ1) is 50.7. The number of esters is 3. The van der Waals surface area contributed by atoms with Gasteiger partial charge < -0.3 is 24.8 Å². The van der Waals surface area contributed by atoms with Crippen LogP contribution in [0.2, 0.25) is 0 Å². The summed E-state index contributed by atoms with van der Waals surface area (Å²) in [6.07, 6.45) is 0.0921. The number of nitrogens with one attached hydrogen (secondary N) is 2. The maximum absolute atomic E-state index is 13.3. The highest BCUT2D eigenvalue weighted by Gasteiger charge is 2.26. The minimum absolute atomic E-state index is 0.0220. The molecule has 2 amide bonds. The minimum atomic E-state index is -0.666. The zero-order valence-electron chi connectivity index (χ0n) is 38.0. The monoisotopic (exact) mass is 851 g/mol. The summed E-state index contributed by atoms with van der Waals surface area (Å²) in [7, 11) is 0. The van der Waals surface area contributed by atoms with Gasteiger partial charge in [-0.15, -0.1) is 0 Å². The van der Waals surface area contributed by atoms with Crippen LogP contribution in [0.5, 0.6) is 0 Å². The zero-order chi connectivity index (χ0) is 45.2. The van der Waals surface area contributed by atoms with Crippen molar-refractivity contribution in [1.29, 1.82) is 0 Å². The van der Waals surface area contributed by atoms with Crippen molar-refractivity contribution in [2.75, 3.05) is 91.6 Å². The van der Waals surface area contributed by atoms with Crippen LogP contribution in [0, 0.1) is 0 Å². The molecular formula is C46H70N6O9. The topological polar surface area (TPSA) is 167 Å². The number of Topliss-reactive ketones (excluding diaryl/α,β-unsaturated/α-hetero) is 1. The third-order valence-electron chi connectivity index (χ3n) is 9.28. The fourth-order valence-corrected chi connectivity index (χ4v) is 6.48. The van der Waals surface area contributed by atoms with Gasteiger partial charge in [-0.1, -0.05) is 54.6 Å². The third-order valence-corrected chi connectivity index (χ3v) is 9.28. The van der Waals surface area contributed by atoms with Crippen molar-refractivity contribution in [3.63, 3.8) is 0 Å². The first-order valence-electron chi connectivity index (χ1n) is 21.3. The molecule has 0 radical (unpaired) electrons. The van der Waals surface area contributed by atoms with Crippen molar-refractivity contribution in [2.24, 2.45) is 0 Å². The highest BCUT2D eigenvalue weighted by Crippen LogP contribution is 2.20. The Labute approximate surface area is 362 Å². The summed E-state index contributed by atoms with van der Waals surface area (Å²) in [6.45, 7) is 20.2. The van der Waals surface area contributed by atoms with Crippen molar-refractivity contribution >= 4 is 35.5 Å². The lowest BCUT2D eigenvalue weighted by molar-refractivity contribution is -0.158. The number of ketones is 1. The van der Waals surface area contributed by atoms with Gasteiger partial charge in [0, 0.05) is 83.9 Å². The first-order valence-corrected chi connectivity index (χ1v) is 21.3. The van der Waals surface area contributed by atoms with E-state index in [-0.39, 0.29) is 87.6 Å². The number of rotatable bonds is 16. The van der Waals surface area contributed by atoms with Gasteiger partial charge in [0.2, 0.25) is 11.8 Å². The van der Waals surface area contributed by atoms with Crippen LogP contribution < -0.4 is 10.6 Å². The lowest BCUT2D eigenvalue weighted by atomic mass is 10.0. The SMILES string of the molecule is CC(C)(C)OC(=O)CN1CCN(CC(=O)NCCNC(=O)CCC(=O)c2ccc(-c3ccccc3)cc2)CCN(CC(=O)OC(C)(C)C)CCN(CC(=O)OC(C)(C)C)CC1. The van der Waals surface area contributed by atoms with Crippen LogP contribution in [0.1, 0.15) is 85.5 Å². The van der Waals surface area contributed by atoms with Crippen LogP contribution >= 0.6 is 0 Å². The molecule has 0 spiro atoms. The van der Waals surface area contributed by atoms with Crippen molar-refractivity contribution in [1.82, 2.24) is 30.2 Å². The molecule has 61 heavy (non-hydrogen) atoms. The highest BCUT2D eigenvalue weighted by atomic mass is 16.6. The molecule has 3 rings (SSSR count). The maximum Gasteiger partial charge on any atom is 0.320 e. The Kier molecular flexibility index (Phi) is 20.0. The predicted molar refractivity (Wildman–Crippen MR) is 235 cm³/mol. The maximum atomic E-state index is 13.3. The largest absolute Gasteiger partial charge is 0.459 e. The van der Waals surface area contributed by atoms with E-state index in [1.54, 1.807) is 12.1 Å². The van der Waals surface area contributed by atoms with E-state index in [1.807, 2.05) is 124 Å². The summed E-state index contributed by atoms with van der Waals surface area (Å²) in [5.41, 5.74) is 0.619. The number of benzene rings is 2. The Morgan fingerprint density at radius 1 is 0.459 bits per heavy atom. The van der Waals surface area contributed by atoms with Gasteiger partial charge in [0.25, 0.3) is 0 Å². The van der Waals surface area contributed by atoms with Gasteiger partial charge in [-0.3, -0.25) is 48.4 Å². The Balaban J connectivity index is 1.60. The quantitative estimate of drug-likeness (QED) is 0.109. The van der Waals surface area contributed by atoms with E-state index < -0.39 is 16.8 Å². The van der Waals surface area contributed by atoms with E-state index in [0.717, 1.165) is 11.1 Å². The number of carbonyl (C=O) groups is 6. The smallest absolute Gasteiger partial charge is 0.320 e. The molecule has 15 heteroatoms. The number of hydrogen-bond donors (Lipinski definition) is 2. The Morgan fingerprint density at radius 2 is 0.803 bits per heavy atom. The normalized spacial score (nSPS) is 15.8. The Hall–Kier alpha value is -4.70. The van der Waals surface area contributed by atoms with Gasteiger partial charge in [-0.05, 0) is 73.4 Å². The molecule has 338 valence electrons. The van der Waals surface area contributed by atoms with Crippen LogP contribution in [0.3, 0.4) is 0 Å². The average Bonchev–Trinajstić information content (AvgIpc) is 3.14. The van der Waals surface area contributed by atoms with Crippen LogP contribution in [0.25, 0.3) is 11.1 Å². The van der Waals surface area contributed by atoms with Gasteiger partial charge in [0.05, 0.1) is 26.2 Å². The molecule has 0 bridgehead atoms. The first-order chi connectivity index (χ1) is 28.5. The molecule has 15 nitrogen and oxygen atoms in total. The number of ether oxygens (including phenoxy) is 3. The second-order valence-electron chi connectivity index (χ2n) is 18.4. The Bertz CT molecular complexity index is 1690. The van der Waals surface area contributed by atoms with Crippen molar-refractivity contribution < 1.29 is 43.0 Å². The molecule has 1 heterocycles. The van der Waals surface area contributed by atoms with Gasteiger partial charge in [0.1, 0.15) is 16.8 Å². The van der Waals surface area contributed by atoms with Gasteiger partial charge >= 0.3 is 17.9 Å². The number of amides is 2. The molecular weight excluding hydrogens is 781 g/mol.